The Morgan fingerprint density at radius 3 is 2.32 bits per heavy atom. The summed E-state index contributed by atoms with van der Waals surface area (Å²) in [6.07, 6.45) is 1.68. The van der Waals surface area contributed by atoms with Crippen LogP contribution in [-0.4, -0.2) is 30.1 Å². The van der Waals surface area contributed by atoms with E-state index in [1.807, 2.05) is 36.4 Å². The molecule has 1 unspecified atom stereocenters. The first kappa shape index (κ1) is 24.9. The van der Waals surface area contributed by atoms with Crippen molar-refractivity contribution < 1.29 is 4.42 Å². The van der Waals surface area contributed by atoms with Gasteiger partial charge in [0.2, 0.25) is 5.89 Å². The number of guanidine groups is 1. The van der Waals surface area contributed by atoms with Gasteiger partial charge in [-0.05, 0) is 38.5 Å². The smallest absolute Gasteiger partial charge is 0.226 e. The van der Waals surface area contributed by atoms with Gasteiger partial charge in [0.1, 0.15) is 6.26 Å². The third-order valence-corrected chi connectivity index (χ3v) is 4.84. The molecule has 0 radical (unpaired) electrons. The molecule has 6 nitrogen and oxygen atoms in total. The number of nitrogens with zero attached hydrogens (tertiary/aromatic N) is 2. The van der Waals surface area contributed by atoms with Crippen LogP contribution in [0.1, 0.15) is 38.1 Å². The molecule has 0 aliphatic heterocycles. The van der Waals surface area contributed by atoms with Gasteiger partial charge in [0.15, 0.2) is 5.96 Å². The van der Waals surface area contributed by atoms with Crippen LogP contribution >= 0.6 is 24.0 Å². The van der Waals surface area contributed by atoms with Crippen LogP contribution in [0.4, 0.5) is 0 Å². The number of rotatable bonds is 8. The van der Waals surface area contributed by atoms with Crippen LogP contribution in [0.3, 0.4) is 0 Å². The molecule has 0 spiro atoms. The summed E-state index contributed by atoms with van der Waals surface area (Å²) in [5.74, 6) is 1.34. The van der Waals surface area contributed by atoms with E-state index in [9.17, 15) is 0 Å². The normalized spacial score (nSPS) is 12.7. The summed E-state index contributed by atoms with van der Waals surface area (Å²) < 4.78 is 5.60. The van der Waals surface area contributed by atoms with Gasteiger partial charge in [0.05, 0.1) is 12.2 Å². The third kappa shape index (κ3) is 7.66. The molecule has 0 bridgehead atoms. The van der Waals surface area contributed by atoms with Gasteiger partial charge in [-0.3, -0.25) is 4.99 Å². The fraction of sp³-hybridized carbons (Fsp3) is 0.333. The first-order chi connectivity index (χ1) is 14.5. The Kier molecular flexibility index (Phi) is 9.51. The number of oxazole rings is 1. The zero-order valence-corrected chi connectivity index (χ0v) is 20.9. The second kappa shape index (κ2) is 11.9. The SMILES string of the molecule is CN=C(NCc1coc(-c2ccccc2)n1)NCC(C)(C)NC(C)c1ccccc1.I. The lowest BCUT2D eigenvalue weighted by Crippen LogP contribution is -2.52. The number of aliphatic imine (C=N–C) groups is 1. The predicted octanol–water partition coefficient (Wildman–Crippen LogP) is 4.75. The van der Waals surface area contributed by atoms with Crippen LogP contribution in [0.2, 0.25) is 0 Å². The molecule has 3 N–H and O–H groups in total. The van der Waals surface area contributed by atoms with E-state index in [4.69, 9.17) is 4.42 Å². The van der Waals surface area contributed by atoms with Crippen molar-refractivity contribution in [2.24, 2.45) is 4.99 Å². The fourth-order valence-electron chi connectivity index (χ4n) is 3.26. The molecule has 0 aliphatic carbocycles. The Bertz CT molecular complexity index is 941. The van der Waals surface area contributed by atoms with Crippen LogP contribution < -0.4 is 16.0 Å². The Balaban J connectivity index is 0.00000341. The van der Waals surface area contributed by atoms with Crippen LogP contribution in [-0.2, 0) is 6.54 Å². The highest BCUT2D eigenvalue weighted by Crippen LogP contribution is 2.18. The van der Waals surface area contributed by atoms with Crippen LogP contribution in [0.5, 0.6) is 0 Å². The first-order valence-electron chi connectivity index (χ1n) is 10.2. The monoisotopic (exact) mass is 533 g/mol. The van der Waals surface area contributed by atoms with Crippen LogP contribution in [0.15, 0.2) is 76.3 Å². The number of aromatic nitrogens is 1. The zero-order chi connectivity index (χ0) is 21.4. The van der Waals surface area contributed by atoms with Crippen molar-refractivity contribution in [2.45, 2.75) is 38.9 Å². The second-order valence-corrected chi connectivity index (χ2v) is 7.95. The van der Waals surface area contributed by atoms with Crippen molar-refractivity contribution in [3.63, 3.8) is 0 Å². The molecule has 0 aliphatic rings. The molecular formula is C24H32IN5O. The van der Waals surface area contributed by atoms with E-state index in [-0.39, 0.29) is 35.6 Å². The summed E-state index contributed by atoms with van der Waals surface area (Å²) >= 11 is 0. The number of halogens is 1. The lowest BCUT2D eigenvalue weighted by Gasteiger charge is -2.31. The van der Waals surface area contributed by atoms with E-state index in [0.29, 0.717) is 12.4 Å². The van der Waals surface area contributed by atoms with Gasteiger partial charge in [0.25, 0.3) is 0 Å². The number of benzene rings is 2. The van der Waals surface area contributed by atoms with Crippen molar-refractivity contribution in [1.82, 2.24) is 20.9 Å². The fourth-order valence-corrected chi connectivity index (χ4v) is 3.26. The zero-order valence-electron chi connectivity index (χ0n) is 18.6. The number of hydrogen-bond donors (Lipinski definition) is 3. The van der Waals surface area contributed by atoms with Crippen LogP contribution in [0.25, 0.3) is 11.5 Å². The Morgan fingerprint density at radius 2 is 1.68 bits per heavy atom. The van der Waals surface area contributed by atoms with E-state index < -0.39 is 0 Å². The molecule has 166 valence electrons. The third-order valence-electron chi connectivity index (χ3n) is 4.84. The quantitative estimate of drug-likeness (QED) is 0.221. The molecule has 0 fully saturated rings. The highest BCUT2D eigenvalue weighted by atomic mass is 127. The summed E-state index contributed by atoms with van der Waals surface area (Å²) in [6, 6.07) is 20.6. The van der Waals surface area contributed by atoms with Gasteiger partial charge in [-0.2, -0.15) is 0 Å². The Labute approximate surface area is 202 Å². The van der Waals surface area contributed by atoms with Gasteiger partial charge in [-0.15, -0.1) is 24.0 Å². The summed E-state index contributed by atoms with van der Waals surface area (Å²) in [7, 11) is 1.76. The maximum absolute atomic E-state index is 5.60. The molecule has 0 saturated heterocycles. The van der Waals surface area contributed by atoms with Crippen molar-refractivity contribution >= 4 is 29.9 Å². The van der Waals surface area contributed by atoms with E-state index >= 15 is 0 Å². The lowest BCUT2D eigenvalue weighted by atomic mass is 10.0. The number of nitrogens with one attached hydrogen (secondary N) is 3. The summed E-state index contributed by atoms with van der Waals surface area (Å²) in [5, 5.41) is 10.4. The molecular weight excluding hydrogens is 501 g/mol. The molecule has 2 aromatic carbocycles. The van der Waals surface area contributed by atoms with Crippen molar-refractivity contribution in [3.05, 3.63) is 78.2 Å². The highest BCUT2D eigenvalue weighted by Gasteiger charge is 2.21. The van der Waals surface area contributed by atoms with Crippen molar-refractivity contribution in [3.8, 4) is 11.5 Å². The molecule has 3 rings (SSSR count). The summed E-state index contributed by atoms with van der Waals surface area (Å²) in [6.45, 7) is 7.79. The molecule has 1 aromatic heterocycles. The average molecular weight is 533 g/mol. The van der Waals surface area contributed by atoms with Gasteiger partial charge >= 0.3 is 0 Å². The second-order valence-electron chi connectivity index (χ2n) is 7.95. The van der Waals surface area contributed by atoms with Gasteiger partial charge in [-0.1, -0.05) is 48.5 Å². The summed E-state index contributed by atoms with van der Waals surface area (Å²) in [5.41, 5.74) is 2.94. The van der Waals surface area contributed by atoms with Gasteiger partial charge in [-0.25, -0.2) is 4.98 Å². The number of hydrogen-bond acceptors (Lipinski definition) is 4. The molecule has 0 saturated carbocycles. The van der Waals surface area contributed by atoms with Crippen LogP contribution in [0, 0.1) is 0 Å². The van der Waals surface area contributed by atoms with E-state index in [1.54, 1.807) is 13.3 Å². The molecule has 3 aromatic rings. The molecule has 31 heavy (non-hydrogen) atoms. The standard InChI is InChI=1S/C24H31N5O.HI/c1-18(19-11-7-5-8-12-19)29-24(2,3)17-27-23(25-4)26-15-21-16-30-22(28-21)20-13-9-6-10-14-20;/h5-14,16,18,29H,15,17H2,1-4H3,(H2,25,26,27);1H. The molecule has 7 heteroatoms. The maximum Gasteiger partial charge on any atom is 0.226 e. The molecule has 1 heterocycles. The Hall–Kier alpha value is -2.39. The van der Waals surface area contributed by atoms with Crippen molar-refractivity contribution in [1.29, 1.82) is 0 Å². The minimum absolute atomic E-state index is 0. The van der Waals surface area contributed by atoms with E-state index in [1.165, 1.54) is 5.56 Å². The minimum Gasteiger partial charge on any atom is -0.444 e. The van der Waals surface area contributed by atoms with E-state index in [0.717, 1.165) is 23.8 Å². The highest BCUT2D eigenvalue weighted by molar-refractivity contribution is 14.0. The minimum atomic E-state index is -0.124. The van der Waals surface area contributed by atoms with E-state index in [2.05, 4.69) is 71.0 Å². The Morgan fingerprint density at radius 1 is 1.03 bits per heavy atom. The van der Waals surface area contributed by atoms with Crippen molar-refractivity contribution in [2.75, 3.05) is 13.6 Å². The topological polar surface area (TPSA) is 74.5 Å². The lowest BCUT2D eigenvalue weighted by molar-refractivity contribution is 0.345. The van der Waals surface area contributed by atoms with Gasteiger partial charge in [0, 0.05) is 30.7 Å². The maximum atomic E-state index is 5.60. The summed E-state index contributed by atoms with van der Waals surface area (Å²) in [4.78, 5) is 8.86. The molecule has 0 amide bonds. The average Bonchev–Trinajstić information content (AvgIpc) is 3.24. The first-order valence-corrected chi connectivity index (χ1v) is 10.2. The van der Waals surface area contributed by atoms with Gasteiger partial charge < -0.3 is 20.4 Å². The molecule has 1 atom stereocenters. The predicted molar refractivity (Wildman–Crippen MR) is 138 cm³/mol. The largest absolute Gasteiger partial charge is 0.444 e.